The molecule has 0 bridgehead atoms. The number of nitrogens with zero attached hydrogens (tertiary/aromatic N) is 3. The molecule has 0 N–H and O–H groups in total. The summed E-state index contributed by atoms with van der Waals surface area (Å²) in [4.78, 5) is 20.6. The highest BCUT2D eigenvalue weighted by Gasteiger charge is 2.24. The predicted molar refractivity (Wildman–Crippen MR) is 74.5 cm³/mol. The summed E-state index contributed by atoms with van der Waals surface area (Å²) in [6, 6.07) is 3.88. The van der Waals surface area contributed by atoms with Crippen LogP contribution in [0, 0.1) is 0 Å². The first kappa shape index (κ1) is 13.5. The highest BCUT2D eigenvalue weighted by Crippen LogP contribution is 2.17. The van der Waals surface area contributed by atoms with Crippen molar-refractivity contribution in [2.75, 3.05) is 27.2 Å². The number of carbonyl (C=O) groups is 1. The van der Waals surface area contributed by atoms with Gasteiger partial charge in [0.25, 0.3) is 5.91 Å². The monoisotopic (exact) mass is 311 g/mol. The first-order valence-electron chi connectivity index (χ1n) is 6.15. The van der Waals surface area contributed by atoms with Crippen LogP contribution >= 0.6 is 15.9 Å². The molecule has 1 aromatic heterocycles. The molecule has 98 valence electrons. The number of aromatic nitrogens is 1. The Morgan fingerprint density at radius 1 is 1.50 bits per heavy atom. The fraction of sp³-hybridized carbons (Fsp3) is 0.538. The van der Waals surface area contributed by atoms with Gasteiger partial charge in [0.05, 0.1) is 0 Å². The van der Waals surface area contributed by atoms with Gasteiger partial charge in [-0.3, -0.25) is 4.79 Å². The van der Waals surface area contributed by atoms with Crippen LogP contribution in [0.25, 0.3) is 0 Å². The van der Waals surface area contributed by atoms with E-state index in [-0.39, 0.29) is 5.91 Å². The molecule has 18 heavy (non-hydrogen) atoms. The van der Waals surface area contributed by atoms with E-state index < -0.39 is 0 Å². The molecule has 4 nitrogen and oxygen atoms in total. The first-order valence-corrected chi connectivity index (χ1v) is 6.94. The van der Waals surface area contributed by atoms with Crippen molar-refractivity contribution in [1.82, 2.24) is 14.8 Å². The smallest absolute Gasteiger partial charge is 0.253 e. The number of likely N-dealkylation sites (tertiary alicyclic amines) is 1. The molecule has 1 fully saturated rings. The van der Waals surface area contributed by atoms with Crippen molar-refractivity contribution in [3.05, 3.63) is 28.5 Å². The van der Waals surface area contributed by atoms with Crippen molar-refractivity contribution in [3.63, 3.8) is 0 Å². The number of hydrogen-bond acceptors (Lipinski definition) is 3. The molecule has 1 aromatic rings. The van der Waals surface area contributed by atoms with Crippen LogP contribution in [0.5, 0.6) is 0 Å². The van der Waals surface area contributed by atoms with Crippen molar-refractivity contribution < 1.29 is 4.79 Å². The molecule has 1 aliphatic rings. The summed E-state index contributed by atoms with van der Waals surface area (Å²) < 4.78 is 0.699. The van der Waals surface area contributed by atoms with E-state index >= 15 is 0 Å². The Labute approximate surface area is 116 Å². The van der Waals surface area contributed by atoms with Crippen LogP contribution in [0.15, 0.2) is 22.9 Å². The van der Waals surface area contributed by atoms with Gasteiger partial charge in [-0.05, 0) is 61.0 Å². The van der Waals surface area contributed by atoms with E-state index in [1.165, 1.54) is 0 Å². The number of pyridine rings is 1. The molecule has 0 radical (unpaired) electrons. The highest BCUT2D eigenvalue weighted by atomic mass is 79.9. The Kier molecular flexibility index (Phi) is 4.35. The van der Waals surface area contributed by atoms with Crippen molar-refractivity contribution in [2.24, 2.45) is 0 Å². The van der Waals surface area contributed by atoms with Gasteiger partial charge < -0.3 is 9.80 Å². The maximum Gasteiger partial charge on any atom is 0.253 e. The van der Waals surface area contributed by atoms with Gasteiger partial charge in [0.1, 0.15) is 4.60 Å². The van der Waals surface area contributed by atoms with Crippen LogP contribution in [0.4, 0.5) is 0 Å². The maximum atomic E-state index is 12.3. The minimum Gasteiger partial charge on any atom is -0.339 e. The number of carbonyl (C=O) groups excluding carboxylic acids is 1. The Morgan fingerprint density at radius 3 is 2.78 bits per heavy atom. The Hall–Kier alpha value is -0.940. The zero-order valence-corrected chi connectivity index (χ0v) is 12.4. The Balaban J connectivity index is 2.04. The molecular formula is C13H18BrN3O. The summed E-state index contributed by atoms with van der Waals surface area (Å²) in [6.07, 6.45) is 3.75. The zero-order chi connectivity index (χ0) is 13.1. The van der Waals surface area contributed by atoms with Crippen molar-refractivity contribution in [2.45, 2.75) is 18.9 Å². The lowest BCUT2D eigenvalue weighted by molar-refractivity contribution is 0.0659. The van der Waals surface area contributed by atoms with E-state index in [1.807, 2.05) is 11.9 Å². The second kappa shape index (κ2) is 5.80. The lowest BCUT2D eigenvalue weighted by atomic mass is 10.0. The van der Waals surface area contributed by atoms with Crippen LogP contribution < -0.4 is 0 Å². The Bertz CT molecular complexity index is 430. The summed E-state index contributed by atoms with van der Waals surface area (Å²) >= 11 is 3.29. The van der Waals surface area contributed by atoms with E-state index in [1.54, 1.807) is 18.3 Å². The third-order valence-corrected chi connectivity index (χ3v) is 3.96. The van der Waals surface area contributed by atoms with E-state index in [2.05, 4.69) is 32.9 Å². The van der Waals surface area contributed by atoms with Gasteiger partial charge in [0.15, 0.2) is 0 Å². The van der Waals surface area contributed by atoms with Crippen LogP contribution in [-0.4, -0.2) is 53.9 Å². The van der Waals surface area contributed by atoms with E-state index in [9.17, 15) is 4.79 Å². The molecular weight excluding hydrogens is 294 g/mol. The summed E-state index contributed by atoms with van der Waals surface area (Å²) in [5.74, 6) is 0.0765. The summed E-state index contributed by atoms with van der Waals surface area (Å²) in [5, 5.41) is 0. The van der Waals surface area contributed by atoms with Gasteiger partial charge in [-0.15, -0.1) is 0 Å². The SMILES string of the molecule is CN1CCC(N(C)C(=O)c2ccnc(Br)c2)CC1. The molecule has 1 amide bonds. The molecule has 0 unspecified atom stereocenters. The lowest BCUT2D eigenvalue weighted by Crippen LogP contribution is -2.44. The van der Waals surface area contributed by atoms with Crippen molar-refractivity contribution in [3.8, 4) is 0 Å². The molecule has 1 aliphatic heterocycles. The molecule has 0 aliphatic carbocycles. The minimum atomic E-state index is 0.0765. The van der Waals surface area contributed by atoms with E-state index in [0.29, 0.717) is 16.2 Å². The number of halogens is 1. The summed E-state index contributed by atoms with van der Waals surface area (Å²) in [5.41, 5.74) is 0.693. The largest absolute Gasteiger partial charge is 0.339 e. The third-order valence-electron chi connectivity index (χ3n) is 3.53. The molecule has 0 spiro atoms. The standard InChI is InChI=1S/C13H18BrN3O/c1-16-7-4-11(5-8-16)17(2)13(18)10-3-6-15-12(14)9-10/h3,6,9,11H,4-5,7-8H2,1-2H3. The topological polar surface area (TPSA) is 36.4 Å². The quantitative estimate of drug-likeness (QED) is 0.784. The predicted octanol–water partition coefficient (Wildman–Crippen LogP) is 2.01. The average molecular weight is 312 g/mol. The van der Waals surface area contributed by atoms with Crippen LogP contribution in [0.1, 0.15) is 23.2 Å². The number of hydrogen-bond donors (Lipinski definition) is 0. The van der Waals surface area contributed by atoms with Crippen molar-refractivity contribution in [1.29, 1.82) is 0 Å². The second-order valence-electron chi connectivity index (χ2n) is 4.82. The normalized spacial score (nSPS) is 17.7. The summed E-state index contributed by atoms with van der Waals surface area (Å²) in [7, 11) is 4.02. The zero-order valence-electron chi connectivity index (χ0n) is 10.8. The van der Waals surface area contributed by atoms with Gasteiger partial charge >= 0.3 is 0 Å². The molecule has 0 atom stereocenters. The van der Waals surface area contributed by atoms with Crippen LogP contribution in [0.3, 0.4) is 0 Å². The molecule has 0 saturated carbocycles. The van der Waals surface area contributed by atoms with Gasteiger partial charge in [0.2, 0.25) is 0 Å². The molecule has 2 heterocycles. The second-order valence-corrected chi connectivity index (χ2v) is 5.63. The summed E-state index contributed by atoms with van der Waals surface area (Å²) in [6.45, 7) is 2.12. The van der Waals surface area contributed by atoms with Crippen LogP contribution in [-0.2, 0) is 0 Å². The van der Waals surface area contributed by atoms with Crippen LogP contribution in [0.2, 0.25) is 0 Å². The molecule has 5 heteroatoms. The number of amides is 1. The fourth-order valence-electron chi connectivity index (χ4n) is 2.29. The first-order chi connectivity index (χ1) is 8.58. The van der Waals surface area contributed by atoms with Gasteiger partial charge in [-0.25, -0.2) is 4.98 Å². The van der Waals surface area contributed by atoms with Gasteiger partial charge in [0, 0.05) is 24.8 Å². The lowest BCUT2D eigenvalue weighted by Gasteiger charge is -2.35. The molecule has 1 saturated heterocycles. The highest BCUT2D eigenvalue weighted by molar-refractivity contribution is 9.10. The molecule has 0 aromatic carbocycles. The van der Waals surface area contributed by atoms with E-state index in [0.717, 1.165) is 25.9 Å². The maximum absolute atomic E-state index is 12.3. The van der Waals surface area contributed by atoms with E-state index in [4.69, 9.17) is 0 Å². The average Bonchev–Trinajstić information content (AvgIpc) is 2.38. The van der Waals surface area contributed by atoms with Gasteiger partial charge in [-0.2, -0.15) is 0 Å². The third kappa shape index (κ3) is 3.09. The minimum absolute atomic E-state index is 0.0765. The molecule has 2 rings (SSSR count). The van der Waals surface area contributed by atoms with Crippen molar-refractivity contribution >= 4 is 21.8 Å². The number of rotatable bonds is 2. The van der Waals surface area contributed by atoms with Gasteiger partial charge in [-0.1, -0.05) is 0 Å². The fourth-order valence-corrected chi connectivity index (χ4v) is 2.65. The Morgan fingerprint density at radius 2 is 2.17 bits per heavy atom. The number of piperidine rings is 1.